The van der Waals surface area contributed by atoms with Crippen molar-refractivity contribution in [1.82, 2.24) is 5.32 Å². The summed E-state index contributed by atoms with van der Waals surface area (Å²) in [4.78, 5) is 11.6. The van der Waals surface area contributed by atoms with Gasteiger partial charge in [0, 0.05) is 6.04 Å². The van der Waals surface area contributed by atoms with Gasteiger partial charge < -0.3 is 4.74 Å². The van der Waals surface area contributed by atoms with Gasteiger partial charge in [-0.1, -0.05) is 6.07 Å². The minimum absolute atomic E-state index is 0.0887. The first-order chi connectivity index (χ1) is 7.95. The highest BCUT2D eigenvalue weighted by molar-refractivity contribution is 9.10. The van der Waals surface area contributed by atoms with Crippen molar-refractivity contribution in [3.63, 3.8) is 0 Å². The standard InChI is InChI=1S/C12H15BrFNO2/c1-7(2)15-11(12(16)17-3)8-4-5-9(13)10(14)6-8/h4-7,11,15H,1-3H3. The number of methoxy groups -OCH3 is 1. The minimum Gasteiger partial charge on any atom is -0.468 e. The first kappa shape index (κ1) is 14.1. The second-order valence-electron chi connectivity index (χ2n) is 3.95. The molecule has 1 unspecified atom stereocenters. The monoisotopic (exact) mass is 303 g/mol. The van der Waals surface area contributed by atoms with Gasteiger partial charge in [-0.2, -0.15) is 0 Å². The summed E-state index contributed by atoms with van der Waals surface area (Å²) in [7, 11) is 1.31. The maximum atomic E-state index is 13.4. The highest BCUT2D eigenvalue weighted by Crippen LogP contribution is 2.22. The van der Waals surface area contributed by atoms with Crippen LogP contribution in [-0.2, 0) is 9.53 Å². The van der Waals surface area contributed by atoms with E-state index in [0.717, 1.165) is 0 Å². The molecule has 1 aromatic rings. The topological polar surface area (TPSA) is 38.3 Å². The number of hydrogen-bond acceptors (Lipinski definition) is 3. The van der Waals surface area contributed by atoms with E-state index in [0.29, 0.717) is 10.0 Å². The molecule has 94 valence electrons. The van der Waals surface area contributed by atoms with E-state index in [4.69, 9.17) is 4.74 Å². The first-order valence-electron chi connectivity index (χ1n) is 5.24. The lowest BCUT2D eigenvalue weighted by Gasteiger charge is -2.19. The van der Waals surface area contributed by atoms with E-state index in [1.54, 1.807) is 12.1 Å². The highest BCUT2D eigenvalue weighted by Gasteiger charge is 2.22. The average molecular weight is 304 g/mol. The van der Waals surface area contributed by atoms with Crippen molar-refractivity contribution in [1.29, 1.82) is 0 Å². The molecule has 1 rings (SSSR count). The van der Waals surface area contributed by atoms with Crippen molar-refractivity contribution < 1.29 is 13.9 Å². The second-order valence-corrected chi connectivity index (χ2v) is 4.81. The molecule has 0 aliphatic rings. The Hall–Kier alpha value is -0.940. The summed E-state index contributed by atoms with van der Waals surface area (Å²) in [6, 6.07) is 4.02. The molecule has 1 aromatic carbocycles. The summed E-state index contributed by atoms with van der Waals surface area (Å²) >= 11 is 3.07. The molecule has 1 N–H and O–H groups in total. The normalized spacial score (nSPS) is 12.6. The van der Waals surface area contributed by atoms with Crippen LogP contribution in [0.5, 0.6) is 0 Å². The van der Waals surface area contributed by atoms with Crippen molar-refractivity contribution in [2.45, 2.75) is 25.9 Å². The quantitative estimate of drug-likeness (QED) is 0.869. The third-order valence-corrected chi connectivity index (χ3v) is 2.86. The number of rotatable bonds is 4. The Morgan fingerprint density at radius 3 is 2.59 bits per heavy atom. The van der Waals surface area contributed by atoms with Gasteiger partial charge in [-0.3, -0.25) is 5.32 Å². The van der Waals surface area contributed by atoms with Gasteiger partial charge in [0.2, 0.25) is 0 Å². The fourth-order valence-electron chi connectivity index (χ4n) is 1.44. The summed E-state index contributed by atoms with van der Waals surface area (Å²) in [6.45, 7) is 3.82. The van der Waals surface area contributed by atoms with Crippen molar-refractivity contribution in [3.8, 4) is 0 Å². The van der Waals surface area contributed by atoms with Crippen LogP contribution in [0.3, 0.4) is 0 Å². The van der Waals surface area contributed by atoms with Gasteiger partial charge in [0.1, 0.15) is 11.9 Å². The summed E-state index contributed by atoms with van der Waals surface area (Å²) in [5.74, 6) is -0.831. The Bertz CT molecular complexity index is 409. The van der Waals surface area contributed by atoms with Gasteiger partial charge in [0.25, 0.3) is 0 Å². The van der Waals surface area contributed by atoms with Crippen LogP contribution in [-0.4, -0.2) is 19.1 Å². The number of esters is 1. The number of benzene rings is 1. The predicted molar refractivity (Wildman–Crippen MR) is 67.1 cm³/mol. The molecule has 0 radical (unpaired) electrons. The van der Waals surface area contributed by atoms with Gasteiger partial charge in [0.15, 0.2) is 0 Å². The number of ether oxygens (including phenoxy) is 1. The van der Waals surface area contributed by atoms with Crippen LogP contribution < -0.4 is 5.32 Å². The van der Waals surface area contributed by atoms with Gasteiger partial charge in [-0.25, -0.2) is 9.18 Å². The van der Waals surface area contributed by atoms with Gasteiger partial charge in [-0.15, -0.1) is 0 Å². The fraction of sp³-hybridized carbons (Fsp3) is 0.417. The Labute approximate surface area is 108 Å². The molecule has 17 heavy (non-hydrogen) atoms. The molecule has 0 aromatic heterocycles. The Balaban J connectivity index is 3.03. The Morgan fingerprint density at radius 1 is 1.47 bits per heavy atom. The van der Waals surface area contributed by atoms with Crippen LogP contribution in [0, 0.1) is 5.82 Å². The fourth-order valence-corrected chi connectivity index (χ4v) is 1.69. The molecule has 5 heteroatoms. The highest BCUT2D eigenvalue weighted by atomic mass is 79.9. The van der Waals surface area contributed by atoms with Crippen LogP contribution in [0.15, 0.2) is 22.7 Å². The molecular weight excluding hydrogens is 289 g/mol. The second kappa shape index (κ2) is 6.12. The largest absolute Gasteiger partial charge is 0.468 e. The molecule has 0 fully saturated rings. The number of nitrogens with one attached hydrogen (secondary N) is 1. The van der Waals surface area contributed by atoms with Gasteiger partial charge in [-0.05, 0) is 47.5 Å². The van der Waals surface area contributed by atoms with Crippen molar-refractivity contribution >= 4 is 21.9 Å². The third kappa shape index (κ3) is 3.78. The molecule has 1 atom stereocenters. The predicted octanol–water partition coefficient (Wildman–Crippen LogP) is 2.80. The van der Waals surface area contributed by atoms with Crippen molar-refractivity contribution in [2.24, 2.45) is 0 Å². The Kier molecular flexibility index (Phi) is 5.08. The zero-order valence-electron chi connectivity index (χ0n) is 9.96. The average Bonchev–Trinajstić information content (AvgIpc) is 2.28. The lowest BCUT2D eigenvalue weighted by Crippen LogP contribution is -2.34. The first-order valence-corrected chi connectivity index (χ1v) is 6.03. The summed E-state index contributed by atoms with van der Waals surface area (Å²) in [5, 5.41) is 3.04. The van der Waals surface area contributed by atoms with Gasteiger partial charge in [0.05, 0.1) is 11.6 Å². The minimum atomic E-state index is -0.650. The zero-order valence-corrected chi connectivity index (χ0v) is 11.5. The summed E-state index contributed by atoms with van der Waals surface area (Å²) < 4.78 is 18.5. The Morgan fingerprint density at radius 2 is 2.12 bits per heavy atom. The van der Waals surface area contributed by atoms with E-state index < -0.39 is 17.8 Å². The van der Waals surface area contributed by atoms with Crippen LogP contribution in [0.1, 0.15) is 25.5 Å². The van der Waals surface area contributed by atoms with Crippen LogP contribution in [0.4, 0.5) is 4.39 Å². The van der Waals surface area contributed by atoms with Crippen LogP contribution >= 0.6 is 15.9 Å². The molecule has 0 bridgehead atoms. The molecule has 0 aliphatic heterocycles. The molecule has 0 saturated carbocycles. The maximum absolute atomic E-state index is 13.4. The zero-order chi connectivity index (χ0) is 13.0. The maximum Gasteiger partial charge on any atom is 0.327 e. The number of hydrogen-bond donors (Lipinski definition) is 1. The van der Waals surface area contributed by atoms with Gasteiger partial charge >= 0.3 is 5.97 Å². The summed E-state index contributed by atoms with van der Waals surface area (Å²) in [6.07, 6.45) is 0. The molecule has 0 spiro atoms. The molecule has 0 aliphatic carbocycles. The van der Waals surface area contributed by atoms with E-state index in [9.17, 15) is 9.18 Å². The number of carbonyl (C=O) groups excluding carboxylic acids is 1. The molecular formula is C12H15BrFNO2. The summed E-state index contributed by atoms with van der Waals surface area (Å²) in [5.41, 5.74) is 0.547. The van der Waals surface area contributed by atoms with E-state index in [1.807, 2.05) is 13.8 Å². The molecule has 0 heterocycles. The van der Waals surface area contributed by atoms with E-state index in [-0.39, 0.29) is 6.04 Å². The van der Waals surface area contributed by atoms with Crippen LogP contribution in [0.2, 0.25) is 0 Å². The molecule has 0 saturated heterocycles. The van der Waals surface area contributed by atoms with E-state index in [1.165, 1.54) is 13.2 Å². The van der Waals surface area contributed by atoms with E-state index >= 15 is 0 Å². The lowest BCUT2D eigenvalue weighted by atomic mass is 10.1. The lowest BCUT2D eigenvalue weighted by molar-refractivity contribution is -0.143. The smallest absolute Gasteiger partial charge is 0.327 e. The van der Waals surface area contributed by atoms with Crippen LogP contribution in [0.25, 0.3) is 0 Å². The SMILES string of the molecule is COC(=O)C(NC(C)C)c1ccc(Br)c(F)c1. The molecule has 0 amide bonds. The molecule has 3 nitrogen and oxygen atoms in total. The van der Waals surface area contributed by atoms with E-state index in [2.05, 4.69) is 21.2 Å². The third-order valence-electron chi connectivity index (χ3n) is 2.21. The van der Waals surface area contributed by atoms with Crippen molar-refractivity contribution in [2.75, 3.05) is 7.11 Å². The number of carbonyl (C=O) groups is 1. The van der Waals surface area contributed by atoms with Crippen molar-refractivity contribution in [3.05, 3.63) is 34.1 Å². The number of halogens is 2.